The minimum Gasteiger partial charge on any atom is -0.493 e. The van der Waals surface area contributed by atoms with Crippen molar-refractivity contribution in [2.24, 2.45) is 0 Å². The van der Waals surface area contributed by atoms with Crippen molar-refractivity contribution in [2.45, 2.75) is 38.1 Å². The van der Waals surface area contributed by atoms with Crippen molar-refractivity contribution in [3.05, 3.63) is 53.9 Å². The maximum Gasteiger partial charge on any atom is 0.237 e. The first-order chi connectivity index (χ1) is 13.1. The zero-order chi connectivity index (χ0) is 19.2. The van der Waals surface area contributed by atoms with Gasteiger partial charge in [0.05, 0.1) is 25.3 Å². The summed E-state index contributed by atoms with van der Waals surface area (Å²) in [6, 6.07) is 8.86. The summed E-state index contributed by atoms with van der Waals surface area (Å²) >= 11 is 0. The van der Waals surface area contributed by atoms with Crippen LogP contribution in [0.15, 0.2) is 42.7 Å². The van der Waals surface area contributed by atoms with Crippen molar-refractivity contribution in [1.29, 1.82) is 0 Å². The summed E-state index contributed by atoms with van der Waals surface area (Å²) in [5.74, 6) is 1.13. The fraction of sp³-hybridized carbons (Fsp3) is 0.400. The Morgan fingerprint density at radius 2 is 2.00 bits per heavy atom. The Kier molecular flexibility index (Phi) is 10.2. The molecule has 1 aliphatic heterocycles. The van der Waals surface area contributed by atoms with E-state index in [1.807, 2.05) is 37.3 Å². The first kappa shape index (κ1) is 25.0. The lowest BCUT2D eigenvalue weighted by atomic mass is 10.1. The van der Waals surface area contributed by atoms with Crippen LogP contribution in [0.2, 0.25) is 0 Å². The fourth-order valence-corrected chi connectivity index (χ4v) is 3.03. The summed E-state index contributed by atoms with van der Waals surface area (Å²) in [6.45, 7) is 2.78. The zero-order valence-corrected chi connectivity index (χ0v) is 18.0. The second-order valence-corrected chi connectivity index (χ2v) is 6.64. The molecule has 0 saturated carbocycles. The number of hydrogen-bond acceptors (Lipinski definition) is 6. The molecule has 3 atom stereocenters. The van der Waals surface area contributed by atoms with Gasteiger partial charge < -0.3 is 25.2 Å². The number of aromatic nitrogens is 1. The molecule has 3 unspecified atom stereocenters. The summed E-state index contributed by atoms with van der Waals surface area (Å²) in [5, 5.41) is 15.5. The molecule has 160 valence electrons. The van der Waals surface area contributed by atoms with Crippen LogP contribution in [-0.2, 0) is 11.4 Å². The standard InChI is InChI=1S/C20H25N3O4.2ClH/c1-13(23-20(25)17-10-16(24)11-22-17)15-3-4-18(19(9-15)26-2)27-12-14-5-7-21-8-6-14;;/h3-9,13,16-17,22,24H,10-12H2,1-2H3,(H,23,25);2*1H. The van der Waals surface area contributed by atoms with Gasteiger partial charge in [-0.2, -0.15) is 0 Å². The highest BCUT2D eigenvalue weighted by atomic mass is 35.5. The van der Waals surface area contributed by atoms with Gasteiger partial charge in [-0.1, -0.05) is 6.07 Å². The van der Waals surface area contributed by atoms with Gasteiger partial charge in [0.15, 0.2) is 11.5 Å². The summed E-state index contributed by atoms with van der Waals surface area (Å²) in [7, 11) is 1.59. The van der Waals surface area contributed by atoms with Gasteiger partial charge in [-0.15, -0.1) is 24.8 Å². The Hall–Kier alpha value is -2.06. The second-order valence-electron chi connectivity index (χ2n) is 6.64. The highest BCUT2D eigenvalue weighted by molar-refractivity contribution is 5.85. The van der Waals surface area contributed by atoms with Crippen LogP contribution in [-0.4, -0.2) is 41.8 Å². The van der Waals surface area contributed by atoms with Gasteiger partial charge in [0.25, 0.3) is 0 Å². The number of nitrogens with zero attached hydrogens (tertiary/aromatic N) is 1. The third-order valence-electron chi connectivity index (χ3n) is 4.61. The third-order valence-corrected chi connectivity index (χ3v) is 4.61. The van der Waals surface area contributed by atoms with Gasteiger partial charge in [0.2, 0.25) is 5.91 Å². The number of hydrogen-bond donors (Lipinski definition) is 3. The number of carbonyl (C=O) groups is 1. The van der Waals surface area contributed by atoms with E-state index < -0.39 is 6.10 Å². The van der Waals surface area contributed by atoms with Crippen LogP contribution in [0, 0.1) is 0 Å². The number of methoxy groups -OCH3 is 1. The average Bonchev–Trinajstić information content (AvgIpc) is 3.13. The molecule has 3 N–H and O–H groups in total. The molecular formula is C20H27Cl2N3O4. The molecule has 1 fully saturated rings. The number of aliphatic hydroxyl groups is 1. The predicted octanol–water partition coefficient (Wildman–Crippen LogP) is 2.41. The number of halogens is 2. The second kappa shape index (κ2) is 11.8. The van der Waals surface area contributed by atoms with Crippen LogP contribution in [0.4, 0.5) is 0 Å². The van der Waals surface area contributed by atoms with E-state index in [9.17, 15) is 9.90 Å². The molecule has 0 spiro atoms. The molecule has 29 heavy (non-hydrogen) atoms. The first-order valence-electron chi connectivity index (χ1n) is 8.98. The number of carbonyl (C=O) groups excluding carboxylic acids is 1. The molecular weight excluding hydrogens is 417 g/mol. The average molecular weight is 444 g/mol. The van der Waals surface area contributed by atoms with Crippen LogP contribution in [0.25, 0.3) is 0 Å². The lowest BCUT2D eigenvalue weighted by Gasteiger charge is -2.19. The van der Waals surface area contributed by atoms with E-state index >= 15 is 0 Å². The van der Waals surface area contributed by atoms with Gasteiger partial charge in [-0.25, -0.2) is 0 Å². The fourth-order valence-electron chi connectivity index (χ4n) is 3.03. The molecule has 3 rings (SSSR count). The quantitative estimate of drug-likeness (QED) is 0.608. The maximum atomic E-state index is 12.3. The van der Waals surface area contributed by atoms with E-state index in [0.717, 1.165) is 11.1 Å². The topological polar surface area (TPSA) is 92.7 Å². The molecule has 2 heterocycles. The Labute approximate surface area is 183 Å². The molecule has 9 heteroatoms. The Morgan fingerprint density at radius 3 is 2.62 bits per heavy atom. The summed E-state index contributed by atoms with van der Waals surface area (Å²) in [5.41, 5.74) is 1.93. The Bertz CT molecular complexity index is 780. The molecule has 1 aliphatic rings. The molecule has 1 amide bonds. The number of nitrogens with one attached hydrogen (secondary N) is 2. The molecule has 1 aromatic heterocycles. The first-order valence-corrected chi connectivity index (χ1v) is 8.98. The minimum atomic E-state index is -0.465. The van der Waals surface area contributed by atoms with Crippen molar-refractivity contribution in [2.75, 3.05) is 13.7 Å². The molecule has 2 aromatic rings. The van der Waals surface area contributed by atoms with E-state index in [4.69, 9.17) is 9.47 Å². The third kappa shape index (κ3) is 6.75. The normalized spacial score (nSPS) is 18.7. The van der Waals surface area contributed by atoms with Crippen LogP contribution in [0.3, 0.4) is 0 Å². The number of benzene rings is 1. The smallest absolute Gasteiger partial charge is 0.237 e. The zero-order valence-electron chi connectivity index (χ0n) is 16.3. The van der Waals surface area contributed by atoms with Gasteiger partial charge in [0, 0.05) is 18.9 Å². The summed E-state index contributed by atoms with van der Waals surface area (Å²) in [4.78, 5) is 16.3. The Morgan fingerprint density at radius 1 is 1.28 bits per heavy atom. The molecule has 0 bridgehead atoms. The number of pyridine rings is 1. The van der Waals surface area contributed by atoms with Crippen LogP contribution in [0.5, 0.6) is 11.5 Å². The van der Waals surface area contributed by atoms with Crippen LogP contribution < -0.4 is 20.1 Å². The highest BCUT2D eigenvalue weighted by Gasteiger charge is 2.28. The minimum absolute atomic E-state index is 0. The number of β-amino-alcohol motifs (C(OH)–C–C–N with tert-alkyl or cyclic N) is 1. The largest absolute Gasteiger partial charge is 0.493 e. The van der Waals surface area contributed by atoms with Crippen molar-refractivity contribution in [3.8, 4) is 11.5 Å². The molecule has 1 aromatic carbocycles. The van der Waals surface area contributed by atoms with Crippen molar-refractivity contribution < 1.29 is 19.4 Å². The maximum absolute atomic E-state index is 12.3. The summed E-state index contributed by atoms with van der Waals surface area (Å²) < 4.78 is 11.3. The number of aliphatic hydroxyl groups excluding tert-OH is 1. The van der Waals surface area contributed by atoms with Crippen LogP contribution >= 0.6 is 24.8 Å². The molecule has 0 radical (unpaired) electrons. The number of ether oxygens (including phenoxy) is 2. The van der Waals surface area contributed by atoms with E-state index in [0.29, 0.717) is 31.1 Å². The van der Waals surface area contributed by atoms with E-state index in [-0.39, 0.29) is 42.8 Å². The Balaban J connectivity index is 0.00000210. The van der Waals surface area contributed by atoms with Gasteiger partial charge in [0.1, 0.15) is 6.61 Å². The monoisotopic (exact) mass is 443 g/mol. The van der Waals surface area contributed by atoms with Crippen LogP contribution in [0.1, 0.15) is 30.5 Å². The van der Waals surface area contributed by atoms with E-state index in [2.05, 4.69) is 15.6 Å². The van der Waals surface area contributed by atoms with Crippen molar-refractivity contribution >= 4 is 30.7 Å². The van der Waals surface area contributed by atoms with Gasteiger partial charge in [-0.05, 0) is 48.7 Å². The van der Waals surface area contributed by atoms with E-state index in [1.54, 1.807) is 19.5 Å². The number of amides is 1. The van der Waals surface area contributed by atoms with E-state index in [1.165, 1.54) is 0 Å². The van der Waals surface area contributed by atoms with Crippen molar-refractivity contribution in [3.63, 3.8) is 0 Å². The SMILES string of the molecule is COc1cc(C(C)NC(=O)C2CC(O)CN2)ccc1OCc1ccncc1.Cl.Cl. The highest BCUT2D eigenvalue weighted by Crippen LogP contribution is 2.31. The predicted molar refractivity (Wildman–Crippen MR) is 115 cm³/mol. The lowest BCUT2D eigenvalue weighted by molar-refractivity contribution is -0.123. The molecule has 7 nitrogen and oxygen atoms in total. The number of rotatable bonds is 7. The lowest BCUT2D eigenvalue weighted by Crippen LogP contribution is -2.41. The summed E-state index contributed by atoms with van der Waals surface area (Å²) in [6.07, 6.45) is 3.42. The van der Waals surface area contributed by atoms with Gasteiger partial charge >= 0.3 is 0 Å². The molecule has 0 aliphatic carbocycles. The van der Waals surface area contributed by atoms with Crippen molar-refractivity contribution in [1.82, 2.24) is 15.6 Å². The molecule has 1 saturated heterocycles. The van der Waals surface area contributed by atoms with Gasteiger partial charge in [-0.3, -0.25) is 9.78 Å².